The summed E-state index contributed by atoms with van der Waals surface area (Å²) in [6.07, 6.45) is 7.89. The molecule has 0 fully saturated rings. The Kier molecular flexibility index (Phi) is 10.5. The minimum absolute atomic E-state index is 0.344. The van der Waals surface area contributed by atoms with Crippen LogP contribution in [0, 0.1) is 0 Å². The maximum absolute atomic E-state index is 8.47. The third-order valence-corrected chi connectivity index (χ3v) is 5.55. The van der Waals surface area contributed by atoms with E-state index in [9.17, 15) is 0 Å². The lowest BCUT2D eigenvalue weighted by Crippen LogP contribution is -2.10. The zero-order chi connectivity index (χ0) is 20.7. The Labute approximate surface area is 172 Å². The molecule has 0 saturated heterocycles. The minimum Gasteiger partial charge on any atom is -0.382 e. The fraction of sp³-hybridized carbons (Fsp3) is 0.688. The van der Waals surface area contributed by atoms with Gasteiger partial charge in [-0.2, -0.15) is 11.8 Å². The molecule has 0 aliphatic carbocycles. The van der Waals surface area contributed by atoms with Crippen LogP contribution >= 0.6 is 11.8 Å². The fourth-order valence-corrected chi connectivity index (χ4v) is 3.92. The van der Waals surface area contributed by atoms with Crippen LogP contribution in [0.4, 0.5) is 5.82 Å². The molecule has 1 atom stereocenters. The lowest BCUT2D eigenvalue weighted by Gasteiger charge is -2.15. The standard InChI is InChI=1S/C16H25N11OS/c17-15-14-16(21-10-20-15)27(11-22-14)12-28-8-9-29-13(5-7-24-26-19)4-2-1-3-6-23-25-18/h10-11,13H,1-9,12H2,(H2,17,20,21). The Hall–Kier alpha value is -2.72. The first kappa shape index (κ1) is 22.6. The summed E-state index contributed by atoms with van der Waals surface area (Å²) >= 11 is 1.82. The SMILES string of the molecule is [N-]=[N+]=NCCCCCC(CCN=[N+]=[N-])SCCOCn1cnc2c(N)ncnc21. The molecule has 2 aromatic heterocycles. The number of anilines is 1. The van der Waals surface area contributed by atoms with Crippen molar-refractivity contribution < 1.29 is 4.74 Å². The van der Waals surface area contributed by atoms with Gasteiger partial charge in [0.1, 0.15) is 18.6 Å². The molecule has 2 N–H and O–H groups in total. The first-order valence-electron chi connectivity index (χ1n) is 9.38. The Morgan fingerprint density at radius 1 is 1.10 bits per heavy atom. The van der Waals surface area contributed by atoms with Crippen LogP contribution in [0.3, 0.4) is 0 Å². The van der Waals surface area contributed by atoms with Gasteiger partial charge < -0.3 is 10.5 Å². The summed E-state index contributed by atoms with van der Waals surface area (Å²) in [7, 11) is 0. The van der Waals surface area contributed by atoms with E-state index in [4.69, 9.17) is 21.5 Å². The van der Waals surface area contributed by atoms with Crippen LogP contribution in [-0.4, -0.2) is 50.2 Å². The highest BCUT2D eigenvalue weighted by Gasteiger charge is 2.10. The molecule has 1 unspecified atom stereocenters. The molecule has 0 bridgehead atoms. The highest BCUT2D eigenvalue weighted by Crippen LogP contribution is 2.22. The fourth-order valence-electron chi connectivity index (χ4n) is 2.76. The lowest BCUT2D eigenvalue weighted by atomic mass is 10.1. The molecule has 0 saturated carbocycles. The average Bonchev–Trinajstić information content (AvgIpc) is 3.14. The highest BCUT2D eigenvalue weighted by atomic mass is 32.2. The van der Waals surface area contributed by atoms with Crippen LogP contribution in [0.2, 0.25) is 0 Å². The number of hydrogen-bond donors (Lipinski definition) is 1. The summed E-state index contributed by atoms with van der Waals surface area (Å²) in [6, 6.07) is 0. The maximum atomic E-state index is 8.47. The van der Waals surface area contributed by atoms with Crippen LogP contribution in [0.25, 0.3) is 32.0 Å². The van der Waals surface area contributed by atoms with Gasteiger partial charge in [-0.3, -0.25) is 4.57 Å². The number of nitrogens with two attached hydrogens (primary N) is 1. The van der Waals surface area contributed by atoms with Crippen LogP contribution in [0.5, 0.6) is 0 Å². The molecular weight excluding hydrogens is 394 g/mol. The van der Waals surface area contributed by atoms with Gasteiger partial charge in [-0.25, -0.2) is 15.0 Å². The van der Waals surface area contributed by atoms with Crippen LogP contribution in [0.1, 0.15) is 32.1 Å². The monoisotopic (exact) mass is 419 g/mol. The van der Waals surface area contributed by atoms with Crippen LogP contribution in [0.15, 0.2) is 22.9 Å². The van der Waals surface area contributed by atoms with Crippen molar-refractivity contribution in [3.8, 4) is 0 Å². The summed E-state index contributed by atoms with van der Waals surface area (Å²) in [5, 5.41) is 7.60. The lowest BCUT2D eigenvalue weighted by molar-refractivity contribution is 0.0921. The number of thioether (sulfide) groups is 1. The highest BCUT2D eigenvalue weighted by molar-refractivity contribution is 7.99. The smallest absolute Gasteiger partial charge is 0.167 e. The number of fused-ring (bicyclic) bond motifs is 1. The van der Waals surface area contributed by atoms with E-state index >= 15 is 0 Å². The number of nitrogens with zero attached hydrogens (tertiary/aromatic N) is 10. The van der Waals surface area contributed by atoms with E-state index in [1.165, 1.54) is 6.33 Å². The molecule has 13 heteroatoms. The Morgan fingerprint density at radius 3 is 2.76 bits per heavy atom. The zero-order valence-electron chi connectivity index (χ0n) is 16.2. The second-order valence-corrected chi connectivity index (χ2v) is 7.63. The average molecular weight is 420 g/mol. The normalized spacial score (nSPS) is 11.7. The van der Waals surface area contributed by atoms with Crippen molar-refractivity contribution in [1.29, 1.82) is 0 Å². The van der Waals surface area contributed by atoms with E-state index in [0.717, 1.165) is 37.9 Å². The van der Waals surface area contributed by atoms with E-state index < -0.39 is 0 Å². The molecule has 29 heavy (non-hydrogen) atoms. The van der Waals surface area contributed by atoms with Crippen LogP contribution < -0.4 is 5.73 Å². The molecule has 12 nitrogen and oxygen atoms in total. The minimum atomic E-state index is 0.344. The topological polar surface area (TPSA) is 176 Å². The number of hydrogen-bond acceptors (Lipinski definition) is 8. The Morgan fingerprint density at radius 2 is 1.93 bits per heavy atom. The second kappa shape index (κ2) is 13.5. The van der Waals surface area contributed by atoms with Crippen molar-refractivity contribution in [2.75, 3.05) is 31.2 Å². The van der Waals surface area contributed by atoms with Crippen LogP contribution in [-0.2, 0) is 11.5 Å². The summed E-state index contributed by atoms with van der Waals surface area (Å²) < 4.78 is 7.54. The molecule has 156 valence electrons. The first-order chi connectivity index (χ1) is 14.3. The van der Waals surface area contributed by atoms with Crippen molar-refractivity contribution in [2.24, 2.45) is 10.2 Å². The Balaban J connectivity index is 1.69. The number of aromatic nitrogens is 4. The number of unbranched alkanes of at least 4 members (excludes halogenated alkanes) is 2. The first-order valence-corrected chi connectivity index (χ1v) is 10.4. The van der Waals surface area contributed by atoms with Crippen molar-refractivity contribution in [3.05, 3.63) is 33.5 Å². The quantitative estimate of drug-likeness (QED) is 0.197. The van der Waals surface area contributed by atoms with Gasteiger partial charge in [-0.15, -0.1) is 0 Å². The summed E-state index contributed by atoms with van der Waals surface area (Å²) in [5.74, 6) is 1.19. The number of nitrogen functional groups attached to an aromatic ring is 1. The summed E-state index contributed by atoms with van der Waals surface area (Å²) in [5.41, 5.74) is 23.8. The maximum Gasteiger partial charge on any atom is 0.167 e. The van der Waals surface area contributed by atoms with Gasteiger partial charge >= 0.3 is 0 Å². The Bertz CT molecular complexity index is 845. The summed E-state index contributed by atoms with van der Waals surface area (Å²) in [4.78, 5) is 17.9. The van der Waals surface area contributed by atoms with Crippen molar-refractivity contribution >= 4 is 28.7 Å². The molecule has 2 aromatic rings. The molecule has 0 aliphatic heterocycles. The molecule has 0 spiro atoms. The third-order valence-electron chi connectivity index (χ3n) is 4.20. The predicted molar refractivity (Wildman–Crippen MR) is 113 cm³/mol. The molecular formula is C16H25N11OS. The number of imidazole rings is 1. The van der Waals surface area contributed by atoms with Crippen molar-refractivity contribution in [1.82, 2.24) is 19.5 Å². The van der Waals surface area contributed by atoms with Gasteiger partial charge in [0.05, 0.1) is 12.9 Å². The largest absolute Gasteiger partial charge is 0.382 e. The van der Waals surface area contributed by atoms with Gasteiger partial charge in [0.25, 0.3) is 0 Å². The predicted octanol–water partition coefficient (Wildman–Crippen LogP) is 4.06. The van der Waals surface area contributed by atoms with Crippen molar-refractivity contribution in [2.45, 2.75) is 44.1 Å². The van der Waals surface area contributed by atoms with Gasteiger partial charge in [0.15, 0.2) is 11.5 Å². The third kappa shape index (κ3) is 8.04. The van der Waals surface area contributed by atoms with Gasteiger partial charge in [-0.1, -0.05) is 23.1 Å². The summed E-state index contributed by atoms with van der Waals surface area (Å²) in [6.45, 7) is 1.96. The molecule has 0 amide bonds. The van der Waals surface area contributed by atoms with E-state index in [1.54, 1.807) is 10.9 Å². The number of rotatable bonds is 15. The van der Waals surface area contributed by atoms with E-state index in [-0.39, 0.29) is 0 Å². The molecule has 0 radical (unpaired) electrons. The second-order valence-electron chi connectivity index (χ2n) is 6.22. The molecule has 2 rings (SSSR count). The van der Waals surface area contributed by atoms with Gasteiger partial charge in [0, 0.05) is 33.9 Å². The molecule has 0 aliphatic rings. The van der Waals surface area contributed by atoms with Crippen molar-refractivity contribution in [3.63, 3.8) is 0 Å². The van der Waals surface area contributed by atoms with E-state index in [1.807, 2.05) is 11.8 Å². The number of azide groups is 2. The van der Waals surface area contributed by atoms with Gasteiger partial charge in [0.2, 0.25) is 0 Å². The molecule has 2 heterocycles. The zero-order valence-corrected chi connectivity index (χ0v) is 17.0. The van der Waals surface area contributed by atoms with Gasteiger partial charge in [-0.05, 0) is 30.3 Å². The number of ether oxygens (including phenoxy) is 1. The van der Waals surface area contributed by atoms with E-state index in [0.29, 0.717) is 48.7 Å². The molecule has 0 aromatic carbocycles. The van der Waals surface area contributed by atoms with E-state index in [2.05, 4.69) is 35.0 Å².